The first-order valence-corrected chi connectivity index (χ1v) is 5.91. The number of benzene rings is 1. The minimum Gasteiger partial charge on any atom is -0.411 e. The molecule has 0 saturated carbocycles. The van der Waals surface area contributed by atoms with Crippen LogP contribution in [0, 0.1) is 11.7 Å². The highest BCUT2D eigenvalue weighted by Gasteiger charge is 2.24. The predicted molar refractivity (Wildman–Crippen MR) is 66.6 cm³/mol. The molecule has 1 aliphatic rings. The summed E-state index contributed by atoms with van der Waals surface area (Å²) in [6.45, 7) is 2.12. The molecule has 0 aliphatic heterocycles. The Labute approximate surface area is 100 Å². The molecular formula is C14H16FNO. The van der Waals surface area contributed by atoms with E-state index in [9.17, 15) is 4.39 Å². The van der Waals surface area contributed by atoms with Crippen LogP contribution < -0.4 is 0 Å². The quantitative estimate of drug-likeness (QED) is 0.480. The van der Waals surface area contributed by atoms with Crippen molar-refractivity contribution in [1.82, 2.24) is 0 Å². The third-order valence-electron chi connectivity index (χ3n) is 3.34. The third-order valence-corrected chi connectivity index (χ3v) is 3.34. The molecule has 0 radical (unpaired) electrons. The van der Waals surface area contributed by atoms with Crippen LogP contribution in [0.15, 0.2) is 35.0 Å². The highest BCUT2D eigenvalue weighted by molar-refractivity contribution is 5.86. The highest BCUT2D eigenvalue weighted by atomic mass is 19.1. The van der Waals surface area contributed by atoms with Crippen LogP contribution in [0.25, 0.3) is 5.57 Å². The summed E-state index contributed by atoms with van der Waals surface area (Å²) in [4.78, 5) is 0. The minimum atomic E-state index is -0.224. The van der Waals surface area contributed by atoms with Gasteiger partial charge in [-0.2, -0.15) is 0 Å². The van der Waals surface area contributed by atoms with Crippen LogP contribution in [-0.2, 0) is 0 Å². The highest BCUT2D eigenvalue weighted by Crippen LogP contribution is 2.39. The fourth-order valence-electron chi connectivity index (χ4n) is 2.52. The molecule has 90 valence electrons. The van der Waals surface area contributed by atoms with E-state index in [0.717, 1.165) is 24.8 Å². The molecule has 0 saturated heterocycles. The Morgan fingerprint density at radius 3 is 2.71 bits per heavy atom. The van der Waals surface area contributed by atoms with E-state index in [1.165, 1.54) is 23.3 Å². The zero-order valence-electron chi connectivity index (χ0n) is 9.86. The number of rotatable bonds is 3. The topological polar surface area (TPSA) is 32.6 Å². The summed E-state index contributed by atoms with van der Waals surface area (Å²) in [5.74, 6) is -0.0711. The predicted octanol–water partition coefficient (Wildman–Crippen LogP) is 3.86. The van der Waals surface area contributed by atoms with Gasteiger partial charge in [0.05, 0.1) is 6.21 Å². The van der Waals surface area contributed by atoms with Crippen molar-refractivity contribution >= 4 is 11.8 Å². The van der Waals surface area contributed by atoms with Crippen LogP contribution in [0.3, 0.4) is 0 Å². The number of halogens is 1. The Morgan fingerprint density at radius 1 is 1.41 bits per heavy atom. The van der Waals surface area contributed by atoms with Gasteiger partial charge in [0.2, 0.25) is 0 Å². The molecule has 1 atom stereocenters. The van der Waals surface area contributed by atoms with Crippen LogP contribution in [0.1, 0.15) is 31.7 Å². The molecular weight excluding hydrogens is 217 g/mol. The van der Waals surface area contributed by atoms with Crippen molar-refractivity contribution < 1.29 is 9.60 Å². The fraction of sp³-hybridized carbons (Fsp3) is 0.357. The number of oxime groups is 1. The SMILES string of the molecule is CCC1=C(c2ccc(F)cc2)C(C=NO)CC1. The Balaban J connectivity index is 2.40. The van der Waals surface area contributed by atoms with Crippen molar-refractivity contribution in [3.8, 4) is 0 Å². The number of nitrogens with zero attached hydrogens (tertiary/aromatic N) is 1. The number of hydrogen-bond donors (Lipinski definition) is 1. The molecule has 0 aromatic heterocycles. The van der Waals surface area contributed by atoms with Gasteiger partial charge in [0.1, 0.15) is 5.82 Å². The molecule has 0 amide bonds. The monoisotopic (exact) mass is 233 g/mol. The lowest BCUT2D eigenvalue weighted by Crippen LogP contribution is -2.01. The summed E-state index contributed by atoms with van der Waals surface area (Å²) in [5.41, 5.74) is 3.61. The van der Waals surface area contributed by atoms with Crippen LogP contribution in [0.2, 0.25) is 0 Å². The van der Waals surface area contributed by atoms with Gasteiger partial charge in [-0.15, -0.1) is 5.16 Å². The summed E-state index contributed by atoms with van der Waals surface area (Å²) in [6, 6.07) is 6.54. The van der Waals surface area contributed by atoms with E-state index in [0.29, 0.717) is 0 Å². The summed E-state index contributed by atoms with van der Waals surface area (Å²) < 4.78 is 12.9. The van der Waals surface area contributed by atoms with Crippen LogP contribution >= 0.6 is 0 Å². The van der Waals surface area contributed by atoms with E-state index in [1.54, 1.807) is 18.3 Å². The average Bonchev–Trinajstić information content (AvgIpc) is 2.74. The van der Waals surface area contributed by atoms with Gasteiger partial charge in [0.15, 0.2) is 0 Å². The first-order chi connectivity index (χ1) is 8.26. The lowest BCUT2D eigenvalue weighted by Gasteiger charge is -2.11. The van der Waals surface area contributed by atoms with Crippen molar-refractivity contribution in [2.75, 3.05) is 0 Å². The van der Waals surface area contributed by atoms with Crippen LogP contribution in [0.4, 0.5) is 4.39 Å². The molecule has 1 unspecified atom stereocenters. The molecule has 2 nitrogen and oxygen atoms in total. The normalized spacial score (nSPS) is 20.5. The van der Waals surface area contributed by atoms with Gasteiger partial charge in [0, 0.05) is 5.92 Å². The second-order valence-corrected chi connectivity index (χ2v) is 4.29. The molecule has 0 spiro atoms. The van der Waals surface area contributed by atoms with Gasteiger partial charge < -0.3 is 5.21 Å². The molecule has 3 heteroatoms. The van der Waals surface area contributed by atoms with Crippen LogP contribution in [0.5, 0.6) is 0 Å². The Kier molecular flexibility index (Phi) is 3.57. The lowest BCUT2D eigenvalue weighted by atomic mass is 9.94. The van der Waals surface area contributed by atoms with Gasteiger partial charge in [-0.25, -0.2) is 4.39 Å². The summed E-state index contributed by atoms with van der Waals surface area (Å²) in [7, 11) is 0. The Hall–Kier alpha value is -1.64. The van der Waals surface area contributed by atoms with Gasteiger partial charge >= 0.3 is 0 Å². The van der Waals surface area contributed by atoms with Crippen LogP contribution in [-0.4, -0.2) is 11.4 Å². The van der Waals surface area contributed by atoms with E-state index >= 15 is 0 Å². The Bertz CT molecular complexity index is 448. The van der Waals surface area contributed by atoms with Gasteiger partial charge in [-0.3, -0.25) is 0 Å². The van der Waals surface area contributed by atoms with Gasteiger partial charge in [-0.1, -0.05) is 24.6 Å². The molecule has 1 aliphatic carbocycles. The third kappa shape index (κ3) is 2.38. The second kappa shape index (κ2) is 5.13. The maximum atomic E-state index is 12.9. The summed E-state index contributed by atoms with van der Waals surface area (Å²) >= 11 is 0. The molecule has 1 aromatic rings. The zero-order valence-corrected chi connectivity index (χ0v) is 9.86. The maximum absolute atomic E-state index is 12.9. The van der Waals surface area contributed by atoms with Crippen molar-refractivity contribution in [1.29, 1.82) is 0 Å². The zero-order chi connectivity index (χ0) is 12.3. The first kappa shape index (κ1) is 11.8. The van der Waals surface area contributed by atoms with E-state index in [4.69, 9.17) is 5.21 Å². The van der Waals surface area contributed by atoms with Crippen molar-refractivity contribution in [3.05, 3.63) is 41.2 Å². The van der Waals surface area contributed by atoms with Crippen molar-refractivity contribution in [3.63, 3.8) is 0 Å². The molecule has 0 heterocycles. The number of allylic oxidation sites excluding steroid dienone is 2. The van der Waals surface area contributed by atoms with Gasteiger partial charge in [0.25, 0.3) is 0 Å². The molecule has 1 aromatic carbocycles. The van der Waals surface area contributed by atoms with Gasteiger partial charge in [-0.05, 0) is 42.5 Å². The van der Waals surface area contributed by atoms with E-state index in [1.807, 2.05) is 0 Å². The first-order valence-electron chi connectivity index (χ1n) is 5.91. The minimum absolute atomic E-state index is 0.153. The smallest absolute Gasteiger partial charge is 0.123 e. The standard InChI is InChI=1S/C14H16FNO/c1-2-10-3-4-12(9-16-17)14(10)11-5-7-13(15)8-6-11/h5-9,12,17H,2-4H2,1H3. The average molecular weight is 233 g/mol. The summed E-state index contributed by atoms with van der Waals surface area (Å²) in [5, 5.41) is 11.8. The molecule has 1 N–H and O–H groups in total. The second-order valence-electron chi connectivity index (χ2n) is 4.29. The molecule has 0 bridgehead atoms. The van der Waals surface area contributed by atoms with E-state index in [-0.39, 0.29) is 11.7 Å². The number of hydrogen-bond acceptors (Lipinski definition) is 2. The maximum Gasteiger partial charge on any atom is 0.123 e. The summed E-state index contributed by atoms with van der Waals surface area (Å²) in [6.07, 6.45) is 4.56. The van der Waals surface area contributed by atoms with Crippen molar-refractivity contribution in [2.24, 2.45) is 11.1 Å². The molecule has 0 fully saturated rings. The largest absolute Gasteiger partial charge is 0.411 e. The lowest BCUT2D eigenvalue weighted by molar-refractivity contribution is 0.319. The Morgan fingerprint density at radius 2 is 2.12 bits per heavy atom. The molecule has 2 rings (SSSR count). The fourth-order valence-corrected chi connectivity index (χ4v) is 2.52. The molecule has 17 heavy (non-hydrogen) atoms. The van der Waals surface area contributed by atoms with E-state index < -0.39 is 0 Å². The van der Waals surface area contributed by atoms with E-state index in [2.05, 4.69) is 12.1 Å². The van der Waals surface area contributed by atoms with Crippen molar-refractivity contribution in [2.45, 2.75) is 26.2 Å².